The number of hydrogen-bond acceptors (Lipinski definition) is 3. The molecule has 0 radical (unpaired) electrons. The number of rotatable bonds is 3. The van der Waals surface area contributed by atoms with Crippen LogP contribution in [0.4, 0.5) is 0 Å². The Kier molecular flexibility index (Phi) is 4.80. The molecule has 0 spiro atoms. The lowest BCUT2D eigenvalue weighted by Crippen LogP contribution is -2.31. The Morgan fingerprint density at radius 3 is 2.43 bits per heavy atom. The summed E-state index contributed by atoms with van der Waals surface area (Å²) in [5, 5.41) is 9.01. The second-order valence-corrected chi connectivity index (χ2v) is 6.55. The molecule has 0 bridgehead atoms. The first-order valence-electron chi connectivity index (χ1n) is 7.47. The summed E-state index contributed by atoms with van der Waals surface area (Å²) in [5.41, 5.74) is 3.06. The van der Waals surface area contributed by atoms with E-state index in [0.29, 0.717) is 11.3 Å². The molecule has 4 nitrogen and oxygen atoms in total. The van der Waals surface area contributed by atoms with E-state index in [0.717, 1.165) is 5.56 Å². The molecule has 0 atom stereocenters. The average Bonchev–Trinajstić information content (AvgIpc) is 2.53. The van der Waals surface area contributed by atoms with E-state index in [1.165, 1.54) is 5.56 Å². The van der Waals surface area contributed by atoms with Gasteiger partial charge in [0, 0.05) is 17.7 Å². The number of esters is 1. The van der Waals surface area contributed by atoms with Gasteiger partial charge in [-0.2, -0.15) is 9.83 Å². The van der Waals surface area contributed by atoms with Crippen molar-refractivity contribution in [2.24, 2.45) is 7.05 Å². The van der Waals surface area contributed by atoms with Gasteiger partial charge in [-0.15, -0.1) is 0 Å². The molecule has 23 heavy (non-hydrogen) atoms. The molecule has 0 aliphatic heterocycles. The summed E-state index contributed by atoms with van der Waals surface area (Å²) in [6.07, 6.45) is 1.78. The van der Waals surface area contributed by atoms with E-state index in [1.54, 1.807) is 36.0 Å². The molecule has 0 aliphatic carbocycles. The summed E-state index contributed by atoms with van der Waals surface area (Å²) < 4.78 is 7.04. The maximum Gasteiger partial charge on any atom is 0.338 e. The Hall–Kier alpha value is -2.67. The van der Waals surface area contributed by atoms with Gasteiger partial charge in [-0.25, -0.2) is 4.79 Å². The molecule has 0 amide bonds. The molecule has 118 valence electrons. The van der Waals surface area contributed by atoms with E-state index >= 15 is 0 Å². The van der Waals surface area contributed by atoms with Gasteiger partial charge in [-0.05, 0) is 23.1 Å². The van der Waals surface area contributed by atoms with Crippen molar-refractivity contribution in [1.82, 2.24) is 0 Å². The van der Waals surface area contributed by atoms with Crippen molar-refractivity contribution in [2.45, 2.75) is 32.8 Å². The minimum Gasteiger partial charge on any atom is -0.457 e. The number of ether oxygens (including phenoxy) is 1. The number of carbonyl (C=O) groups is 1. The molecule has 0 saturated carbocycles. The molecule has 1 aromatic heterocycles. The zero-order valence-electron chi connectivity index (χ0n) is 14.0. The van der Waals surface area contributed by atoms with Gasteiger partial charge in [0.25, 0.3) is 5.69 Å². The number of benzene rings is 1. The number of nitriles is 1. The predicted molar refractivity (Wildman–Crippen MR) is 86.6 cm³/mol. The average molecular weight is 309 g/mol. The van der Waals surface area contributed by atoms with Crippen molar-refractivity contribution in [3.63, 3.8) is 0 Å². The third-order valence-electron chi connectivity index (χ3n) is 3.69. The third-order valence-corrected chi connectivity index (χ3v) is 3.69. The van der Waals surface area contributed by atoms with Crippen molar-refractivity contribution in [3.8, 4) is 6.07 Å². The van der Waals surface area contributed by atoms with Crippen LogP contribution in [0.2, 0.25) is 0 Å². The monoisotopic (exact) mass is 309 g/mol. The van der Waals surface area contributed by atoms with E-state index < -0.39 is 0 Å². The van der Waals surface area contributed by atoms with Crippen LogP contribution in [-0.2, 0) is 23.8 Å². The first-order chi connectivity index (χ1) is 10.8. The maximum atomic E-state index is 12.1. The second-order valence-electron chi connectivity index (χ2n) is 6.55. The van der Waals surface area contributed by atoms with Crippen molar-refractivity contribution in [1.29, 1.82) is 5.26 Å². The Morgan fingerprint density at radius 2 is 1.87 bits per heavy atom. The minimum absolute atomic E-state index is 0.0513. The van der Waals surface area contributed by atoms with Gasteiger partial charge in [-0.3, -0.25) is 0 Å². The quantitative estimate of drug-likeness (QED) is 0.647. The van der Waals surface area contributed by atoms with Crippen LogP contribution in [0.15, 0.2) is 42.6 Å². The van der Waals surface area contributed by atoms with Crippen molar-refractivity contribution in [3.05, 3.63) is 65.0 Å². The number of hydrogen-bond donors (Lipinski definition) is 0. The molecule has 0 saturated heterocycles. The van der Waals surface area contributed by atoms with Crippen LogP contribution < -0.4 is 4.57 Å². The molecule has 0 unspecified atom stereocenters. The normalized spacial score (nSPS) is 10.9. The molecule has 4 heteroatoms. The summed E-state index contributed by atoms with van der Waals surface area (Å²) in [6.45, 7) is 6.53. The Labute approximate surface area is 137 Å². The number of pyridine rings is 1. The lowest BCUT2D eigenvalue weighted by Gasteiger charge is -2.18. The second kappa shape index (κ2) is 6.62. The van der Waals surface area contributed by atoms with Crippen LogP contribution in [0.3, 0.4) is 0 Å². The summed E-state index contributed by atoms with van der Waals surface area (Å²) >= 11 is 0. The summed E-state index contributed by atoms with van der Waals surface area (Å²) in [6, 6.07) is 13.1. The largest absolute Gasteiger partial charge is 0.457 e. The lowest BCUT2D eigenvalue weighted by molar-refractivity contribution is -0.674. The molecule has 2 aromatic rings. The Bertz CT molecular complexity index is 750. The third kappa shape index (κ3) is 4.17. The number of aryl methyl sites for hydroxylation is 1. The fraction of sp³-hybridized carbons (Fsp3) is 0.316. The first-order valence-corrected chi connectivity index (χ1v) is 7.47. The van der Waals surface area contributed by atoms with Gasteiger partial charge in [0.05, 0.1) is 5.56 Å². The van der Waals surface area contributed by atoms with Crippen molar-refractivity contribution in [2.75, 3.05) is 0 Å². The van der Waals surface area contributed by atoms with Crippen LogP contribution in [0.1, 0.15) is 48.0 Å². The lowest BCUT2D eigenvalue weighted by atomic mass is 9.87. The van der Waals surface area contributed by atoms with Gasteiger partial charge in [0.2, 0.25) is 0 Å². The Morgan fingerprint density at radius 1 is 1.22 bits per heavy atom. The van der Waals surface area contributed by atoms with Crippen LogP contribution >= 0.6 is 0 Å². The van der Waals surface area contributed by atoms with Crippen molar-refractivity contribution >= 4 is 5.97 Å². The van der Waals surface area contributed by atoms with Crippen LogP contribution in [0.5, 0.6) is 0 Å². The van der Waals surface area contributed by atoms with Crippen LogP contribution in [-0.4, -0.2) is 5.97 Å². The summed E-state index contributed by atoms with van der Waals surface area (Å²) in [4.78, 5) is 12.1. The number of aromatic nitrogens is 1. The number of carbonyl (C=O) groups excluding carboxylic acids is 1. The number of nitrogens with zero attached hydrogens (tertiary/aromatic N) is 2. The minimum atomic E-state index is -0.364. The molecule has 1 aromatic carbocycles. The van der Waals surface area contributed by atoms with Gasteiger partial charge in [0.1, 0.15) is 13.7 Å². The van der Waals surface area contributed by atoms with E-state index in [9.17, 15) is 4.79 Å². The van der Waals surface area contributed by atoms with Crippen LogP contribution in [0, 0.1) is 11.3 Å². The van der Waals surface area contributed by atoms with Gasteiger partial charge >= 0.3 is 5.97 Å². The van der Waals surface area contributed by atoms with Crippen LogP contribution in [0.25, 0.3) is 0 Å². The SMILES string of the molecule is C[n+]1ccc(COC(=O)c2ccc(C(C)(C)C)cc2)cc1C#N. The van der Waals surface area contributed by atoms with Crippen molar-refractivity contribution < 1.29 is 14.1 Å². The first kappa shape index (κ1) is 16.7. The fourth-order valence-corrected chi connectivity index (χ4v) is 2.15. The topological polar surface area (TPSA) is 54.0 Å². The molecule has 0 fully saturated rings. The molecular weight excluding hydrogens is 288 g/mol. The smallest absolute Gasteiger partial charge is 0.338 e. The van der Waals surface area contributed by atoms with E-state index in [2.05, 4.69) is 26.8 Å². The maximum absolute atomic E-state index is 12.1. The van der Waals surface area contributed by atoms with Gasteiger partial charge < -0.3 is 4.74 Å². The van der Waals surface area contributed by atoms with Gasteiger partial charge in [-0.1, -0.05) is 32.9 Å². The molecule has 2 rings (SSSR count). The van der Waals surface area contributed by atoms with Gasteiger partial charge in [0.15, 0.2) is 12.3 Å². The molecule has 0 aliphatic rings. The Balaban J connectivity index is 2.04. The zero-order chi connectivity index (χ0) is 17.0. The molecule has 1 heterocycles. The zero-order valence-corrected chi connectivity index (χ0v) is 14.0. The highest BCUT2D eigenvalue weighted by atomic mass is 16.5. The van der Waals surface area contributed by atoms with E-state index in [4.69, 9.17) is 10.00 Å². The molecule has 0 N–H and O–H groups in total. The highest BCUT2D eigenvalue weighted by Gasteiger charge is 2.15. The predicted octanol–water partition coefficient (Wildman–Crippen LogP) is 3.04. The van der Waals surface area contributed by atoms with E-state index in [-0.39, 0.29) is 18.0 Å². The summed E-state index contributed by atoms with van der Waals surface area (Å²) in [7, 11) is 1.80. The summed E-state index contributed by atoms with van der Waals surface area (Å²) in [5.74, 6) is -0.364. The standard InChI is InChI=1S/C19H21N2O2/c1-19(2,3)16-7-5-15(6-8-16)18(22)23-13-14-9-10-21(4)17(11-14)12-20/h5-11H,13H2,1-4H3/q+1. The highest BCUT2D eigenvalue weighted by Crippen LogP contribution is 2.22. The fourth-order valence-electron chi connectivity index (χ4n) is 2.15. The van der Waals surface area contributed by atoms with E-state index in [1.807, 2.05) is 18.2 Å². The highest BCUT2D eigenvalue weighted by molar-refractivity contribution is 5.89. The molecular formula is C19H21N2O2+.